The van der Waals surface area contributed by atoms with E-state index in [2.05, 4.69) is 5.32 Å². The molecule has 1 aromatic rings. The summed E-state index contributed by atoms with van der Waals surface area (Å²) in [6.45, 7) is 9.11. The van der Waals surface area contributed by atoms with Gasteiger partial charge in [0.2, 0.25) is 10.0 Å². The Hall–Kier alpha value is -1.66. The van der Waals surface area contributed by atoms with Gasteiger partial charge in [0, 0.05) is 24.4 Å². The molecule has 0 saturated carbocycles. The molecule has 0 aromatic heterocycles. The summed E-state index contributed by atoms with van der Waals surface area (Å²) >= 11 is 0. The summed E-state index contributed by atoms with van der Waals surface area (Å²) in [6, 6.07) is 6.07. The fourth-order valence-corrected chi connectivity index (χ4v) is 2.97. The number of hydrogen-bond donors (Lipinski definition) is 1. The molecule has 0 saturated heterocycles. The minimum Gasteiger partial charge on any atom is -0.322 e. The van der Waals surface area contributed by atoms with E-state index >= 15 is 0 Å². The Bertz CT molecular complexity index is 670. The molecule has 1 aromatic carbocycles. The molecular formula is C16H24N2O3S. The number of carbonyl (C=O) groups excluding carboxylic acids is 1. The van der Waals surface area contributed by atoms with Gasteiger partial charge in [-0.25, -0.2) is 8.42 Å². The Labute approximate surface area is 133 Å². The fraction of sp³-hybridized carbons (Fsp3) is 0.438. The Morgan fingerprint density at radius 1 is 1.09 bits per heavy atom. The van der Waals surface area contributed by atoms with E-state index in [1.807, 2.05) is 27.7 Å². The van der Waals surface area contributed by atoms with Crippen molar-refractivity contribution in [1.82, 2.24) is 4.31 Å². The van der Waals surface area contributed by atoms with Crippen molar-refractivity contribution in [3.8, 4) is 0 Å². The molecule has 0 aliphatic heterocycles. The van der Waals surface area contributed by atoms with E-state index in [4.69, 9.17) is 0 Å². The summed E-state index contributed by atoms with van der Waals surface area (Å²) in [4.78, 5) is 12.1. The summed E-state index contributed by atoms with van der Waals surface area (Å²) in [6.07, 6.45) is 0. The van der Waals surface area contributed by atoms with Gasteiger partial charge in [-0.2, -0.15) is 4.31 Å². The maximum absolute atomic E-state index is 12.3. The summed E-state index contributed by atoms with van der Waals surface area (Å²) in [7, 11) is -1.95. The van der Waals surface area contributed by atoms with Crippen LogP contribution in [0.15, 0.2) is 40.3 Å². The van der Waals surface area contributed by atoms with Crippen molar-refractivity contribution in [3.05, 3.63) is 35.4 Å². The monoisotopic (exact) mass is 324 g/mol. The molecule has 22 heavy (non-hydrogen) atoms. The topological polar surface area (TPSA) is 66.5 Å². The zero-order chi connectivity index (χ0) is 17.1. The standard InChI is InChI=1S/C16H24N2O3S/c1-11(2)13(5)16(19)17-14-7-9-15(10-8-14)22(20,21)18(6)12(3)4/h7-10,12H,1-6H3,(H,17,19). The molecule has 0 spiro atoms. The van der Waals surface area contributed by atoms with Crippen LogP contribution in [0.4, 0.5) is 5.69 Å². The second kappa shape index (κ2) is 7.07. The Balaban J connectivity index is 2.97. The van der Waals surface area contributed by atoms with Crippen molar-refractivity contribution in [2.24, 2.45) is 0 Å². The SMILES string of the molecule is CC(C)=C(C)C(=O)Nc1ccc(S(=O)(=O)N(C)C(C)C)cc1. The molecule has 1 N–H and O–H groups in total. The summed E-state index contributed by atoms with van der Waals surface area (Å²) in [5.41, 5.74) is 2.16. The van der Waals surface area contributed by atoms with Crippen molar-refractivity contribution in [1.29, 1.82) is 0 Å². The number of benzene rings is 1. The molecule has 0 radical (unpaired) electrons. The Kier molecular flexibility index (Phi) is 5.91. The zero-order valence-electron chi connectivity index (χ0n) is 14.0. The molecule has 0 aliphatic rings. The van der Waals surface area contributed by atoms with Crippen LogP contribution in [-0.2, 0) is 14.8 Å². The molecule has 5 nitrogen and oxygen atoms in total. The van der Waals surface area contributed by atoms with Gasteiger partial charge in [0.15, 0.2) is 0 Å². The third-order valence-corrected chi connectivity index (χ3v) is 5.65. The van der Waals surface area contributed by atoms with E-state index in [9.17, 15) is 13.2 Å². The quantitative estimate of drug-likeness (QED) is 0.847. The van der Waals surface area contributed by atoms with Gasteiger partial charge in [-0.15, -0.1) is 0 Å². The molecular weight excluding hydrogens is 300 g/mol. The highest BCUT2D eigenvalue weighted by Crippen LogP contribution is 2.19. The minimum absolute atomic E-state index is 0.121. The van der Waals surface area contributed by atoms with Crippen LogP contribution in [0.25, 0.3) is 0 Å². The maximum atomic E-state index is 12.3. The van der Waals surface area contributed by atoms with Gasteiger partial charge in [0.25, 0.3) is 5.91 Å². The molecule has 6 heteroatoms. The van der Waals surface area contributed by atoms with Crippen LogP contribution in [0, 0.1) is 0 Å². The number of sulfonamides is 1. The predicted octanol–water partition coefficient (Wildman–Crippen LogP) is 3.01. The van der Waals surface area contributed by atoms with Gasteiger partial charge >= 0.3 is 0 Å². The first-order valence-corrected chi connectivity index (χ1v) is 8.55. The molecule has 1 amide bonds. The number of rotatable bonds is 5. The molecule has 0 heterocycles. The minimum atomic E-state index is -3.50. The van der Waals surface area contributed by atoms with E-state index in [-0.39, 0.29) is 16.8 Å². The van der Waals surface area contributed by atoms with Gasteiger partial charge < -0.3 is 5.32 Å². The van der Waals surface area contributed by atoms with Crippen LogP contribution in [0.2, 0.25) is 0 Å². The summed E-state index contributed by atoms with van der Waals surface area (Å²) < 4.78 is 26.0. The first-order chi connectivity index (χ1) is 10.1. The number of carbonyl (C=O) groups is 1. The van der Waals surface area contributed by atoms with Gasteiger partial charge in [-0.05, 0) is 58.9 Å². The van der Waals surface area contributed by atoms with Crippen molar-refractivity contribution < 1.29 is 13.2 Å². The van der Waals surface area contributed by atoms with E-state index in [1.54, 1.807) is 26.1 Å². The first-order valence-electron chi connectivity index (χ1n) is 7.11. The van der Waals surface area contributed by atoms with Crippen LogP contribution in [0.3, 0.4) is 0 Å². The number of nitrogens with one attached hydrogen (secondary N) is 1. The van der Waals surface area contributed by atoms with Crippen LogP contribution in [0.1, 0.15) is 34.6 Å². The third-order valence-electron chi connectivity index (χ3n) is 3.61. The highest BCUT2D eigenvalue weighted by molar-refractivity contribution is 7.89. The van der Waals surface area contributed by atoms with Crippen molar-refractivity contribution in [2.45, 2.75) is 45.6 Å². The molecule has 1 rings (SSSR count). The summed E-state index contributed by atoms with van der Waals surface area (Å²) in [5.74, 6) is -0.185. The predicted molar refractivity (Wildman–Crippen MR) is 89.2 cm³/mol. The molecule has 0 bridgehead atoms. The van der Waals surface area contributed by atoms with Gasteiger partial charge in [-0.1, -0.05) is 5.57 Å². The number of amides is 1. The third kappa shape index (κ3) is 4.18. The summed E-state index contributed by atoms with van der Waals surface area (Å²) in [5, 5.41) is 2.75. The van der Waals surface area contributed by atoms with Crippen LogP contribution < -0.4 is 5.32 Å². The number of anilines is 1. The fourth-order valence-electron chi connectivity index (χ4n) is 1.61. The van der Waals surface area contributed by atoms with Crippen LogP contribution in [-0.4, -0.2) is 31.7 Å². The normalized spacial score (nSPS) is 11.6. The van der Waals surface area contributed by atoms with Crippen molar-refractivity contribution >= 4 is 21.6 Å². The van der Waals surface area contributed by atoms with Crippen LogP contribution >= 0.6 is 0 Å². The largest absolute Gasteiger partial charge is 0.322 e. The molecule has 122 valence electrons. The first kappa shape index (κ1) is 18.4. The second-order valence-corrected chi connectivity index (χ2v) is 7.72. The Morgan fingerprint density at radius 2 is 1.59 bits per heavy atom. The number of nitrogens with zero attached hydrogens (tertiary/aromatic N) is 1. The van der Waals surface area contributed by atoms with Gasteiger partial charge in [-0.3, -0.25) is 4.79 Å². The Morgan fingerprint density at radius 3 is 2.00 bits per heavy atom. The van der Waals surface area contributed by atoms with E-state index in [0.717, 1.165) is 5.57 Å². The van der Waals surface area contributed by atoms with Crippen molar-refractivity contribution in [3.63, 3.8) is 0 Å². The van der Waals surface area contributed by atoms with E-state index in [1.165, 1.54) is 16.4 Å². The van der Waals surface area contributed by atoms with E-state index in [0.29, 0.717) is 11.3 Å². The van der Waals surface area contributed by atoms with Crippen LogP contribution in [0.5, 0.6) is 0 Å². The average molecular weight is 324 g/mol. The molecule has 0 aliphatic carbocycles. The molecule has 0 atom stereocenters. The van der Waals surface area contributed by atoms with Crippen molar-refractivity contribution in [2.75, 3.05) is 12.4 Å². The average Bonchev–Trinajstić information content (AvgIpc) is 2.45. The zero-order valence-corrected chi connectivity index (χ0v) is 14.8. The smallest absolute Gasteiger partial charge is 0.251 e. The lowest BCUT2D eigenvalue weighted by Gasteiger charge is -2.21. The number of hydrogen-bond acceptors (Lipinski definition) is 3. The van der Waals surface area contributed by atoms with E-state index < -0.39 is 10.0 Å². The maximum Gasteiger partial charge on any atom is 0.251 e. The van der Waals surface area contributed by atoms with Gasteiger partial charge in [0.05, 0.1) is 4.90 Å². The lowest BCUT2D eigenvalue weighted by molar-refractivity contribution is -0.112. The highest BCUT2D eigenvalue weighted by atomic mass is 32.2. The lowest BCUT2D eigenvalue weighted by Crippen LogP contribution is -2.33. The second-order valence-electron chi connectivity index (χ2n) is 5.72. The molecule has 0 fully saturated rings. The van der Waals surface area contributed by atoms with Gasteiger partial charge in [0.1, 0.15) is 0 Å². The lowest BCUT2D eigenvalue weighted by atomic mass is 10.1. The highest BCUT2D eigenvalue weighted by Gasteiger charge is 2.22. The number of allylic oxidation sites excluding steroid dienone is 1. The molecule has 0 unspecified atom stereocenters.